The molecule has 0 unspecified atom stereocenters. The zero-order chi connectivity index (χ0) is 15.3. The van der Waals surface area contributed by atoms with Gasteiger partial charge in [0.2, 0.25) is 0 Å². The van der Waals surface area contributed by atoms with E-state index in [0.717, 1.165) is 18.4 Å². The number of hydrogen-bond donors (Lipinski definition) is 2. The highest BCUT2D eigenvalue weighted by Gasteiger charge is 2.31. The van der Waals surface area contributed by atoms with Gasteiger partial charge in [-0.3, -0.25) is 4.84 Å². The van der Waals surface area contributed by atoms with Gasteiger partial charge >= 0.3 is 6.09 Å². The molecule has 5 nitrogen and oxygen atoms in total. The highest BCUT2D eigenvalue weighted by Crippen LogP contribution is 2.20. The maximum atomic E-state index is 11.6. The van der Waals surface area contributed by atoms with Crippen molar-refractivity contribution in [1.29, 1.82) is 0 Å². The van der Waals surface area contributed by atoms with Crippen LogP contribution in [0.5, 0.6) is 0 Å². The lowest BCUT2D eigenvalue weighted by Gasteiger charge is -2.36. The Hall–Kier alpha value is -1.59. The topological polar surface area (TPSA) is 59.6 Å². The lowest BCUT2D eigenvalue weighted by molar-refractivity contribution is -0.0239. The molecule has 0 heterocycles. The molecular formula is C16H24N2O3. The minimum absolute atomic E-state index is 0.165. The van der Waals surface area contributed by atoms with Crippen molar-refractivity contribution in [2.45, 2.75) is 57.9 Å². The quantitative estimate of drug-likeness (QED) is 0.819. The molecule has 116 valence electrons. The molecule has 0 radical (unpaired) electrons. The lowest BCUT2D eigenvalue weighted by Crippen LogP contribution is -2.53. The Morgan fingerprint density at radius 3 is 2.48 bits per heavy atom. The summed E-state index contributed by atoms with van der Waals surface area (Å²) in [6.07, 6.45) is 1.36. The van der Waals surface area contributed by atoms with Crippen molar-refractivity contribution >= 4 is 6.09 Å². The number of hydroxylamine groups is 1. The summed E-state index contributed by atoms with van der Waals surface area (Å²) in [7, 11) is 0. The summed E-state index contributed by atoms with van der Waals surface area (Å²) < 4.78 is 5.22. The Labute approximate surface area is 126 Å². The summed E-state index contributed by atoms with van der Waals surface area (Å²) in [5.41, 5.74) is 3.71. The largest absolute Gasteiger partial charge is 0.444 e. The second kappa shape index (κ2) is 6.91. The van der Waals surface area contributed by atoms with Gasteiger partial charge in [-0.25, -0.2) is 4.79 Å². The number of rotatable bonds is 5. The number of ether oxygens (including phenoxy) is 1. The number of amides is 1. The molecule has 1 amide bonds. The normalized spacial score (nSPS) is 21.5. The van der Waals surface area contributed by atoms with E-state index in [1.807, 2.05) is 51.1 Å². The predicted molar refractivity (Wildman–Crippen MR) is 80.5 cm³/mol. The van der Waals surface area contributed by atoms with Gasteiger partial charge in [0.05, 0.1) is 6.61 Å². The Morgan fingerprint density at radius 1 is 1.19 bits per heavy atom. The van der Waals surface area contributed by atoms with Crippen LogP contribution in [0.3, 0.4) is 0 Å². The summed E-state index contributed by atoms with van der Waals surface area (Å²) in [6.45, 7) is 6.11. The van der Waals surface area contributed by atoms with E-state index in [9.17, 15) is 4.79 Å². The Morgan fingerprint density at radius 2 is 1.86 bits per heavy atom. The Balaban J connectivity index is 1.56. The molecule has 0 atom stereocenters. The van der Waals surface area contributed by atoms with Gasteiger partial charge in [-0.2, -0.15) is 5.48 Å². The van der Waals surface area contributed by atoms with Crippen LogP contribution in [0.4, 0.5) is 4.79 Å². The molecule has 1 aromatic rings. The number of carbonyl (C=O) groups is 1. The predicted octanol–water partition coefficient (Wildman–Crippen LogP) is 2.76. The van der Waals surface area contributed by atoms with Crippen LogP contribution in [0, 0.1) is 0 Å². The molecule has 0 aromatic heterocycles. The van der Waals surface area contributed by atoms with Crippen LogP contribution in [0.25, 0.3) is 0 Å². The standard InChI is InChI=1S/C16H24N2O3/c1-16(2,3)21-15(19)17-13-9-14(10-13)18-20-11-12-7-5-4-6-8-12/h4-8,13-14,18H,9-11H2,1-3H3,(H,17,19). The number of hydrogen-bond acceptors (Lipinski definition) is 4. The fraction of sp³-hybridized carbons (Fsp3) is 0.562. The Bertz CT molecular complexity index is 450. The third-order valence-corrected chi connectivity index (χ3v) is 3.19. The van der Waals surface area contributed by atoms with Gasteiger partial charge in [0.15, 0.2) is 0 Å². The molecule has 0 aliphatic heterocycles. The van der Waals surface area contributed by atoms with Gasteiger partial charge in [0.1, 0.15) is 5.60 Å². The van der Waals surface area contributed by atoms with E-state index in [1.165, 1.54) is 0 Å². The molecule has 1 aliphatic carbocycles. The van der Waals surface area contributed by atoms with E-state index in [2.05, 4.69) is 10.8 Å². The van der Waals surface area contributed by atoms with Crippen LogP contribution in [0.2, 0.25) is 0 Å². The van der Waals surface area contributed by atoms with Crippen molar-refractivity contribution in [3.05, 3.63) is 35.9 Å². The van der Waals surface area contributed by atoms with Crippen molar-refractivity contribution < 1.29 is 14.4 Å². The van der Waals surface area contributed by atoms with Crippen molar-refractivity contribution in [3.63, 3.8) is 0 Å². The maximum Gasteiger partial charge on any atom is 0.407 e. The monoisotopic (exact) mass is 292 g/mol. The first-order valence-corrected chi connectivity index (χ1v) is 7.33. The molecule has 5 heteroatoms. The average molecular weight is 292 g/mol. The van der Waals surface area contributed by atoms with Crippen LogP contribution in [-0.2, 0) is 16.2 Å². The van der Waals surface area contributed by atoms with E-state index in [1.54, 1.807) is 0 Å². The average Bonchev–Trinajstić information content (AvgIpc) is 2.34. The van der Waals surface area contributed by atoms with Gasteiger partial charge in [-0.15, -0.1) is 0 Å². The number of nitrogens with one attached hydrogen (secondary N) is 2. The van der Waals surface area contributed by atoms with E-state index in [0.29, 0.717) is 6.61 Å². The highest BCUT2D eigenvalue weighted by molar-refractivity contribution is 5.68. The van der Waals surface area contributed by atoms with Gasteiger partial charge < -0.3 is 10.1 Å². The molecular weight excluding hydrogens is 268 g/mol. The summed E-state index contributed by atoms with van der Waals surface area (Å²) in [6, 6.07) is 10.5. The molecule has 1 aromatic carbocycles. The number of alkyl carbamates (subject to hydrolysis) is 1. The first-order valence-electron chi connectivity index (χ1n) is 7.33. The van der Waals surface area contributed by atoms with Crippen LogP contribution >= 0.6 is 0 Å². The number of carbonyl (C=O) groups excluding carboxylic acids is 1. The zero-order valence-corrected chi connectivity index (χ0v) is 12.9. The van der Waals surface area contributed by atoms with E-state index in [-0.39, 0.29) is 18.2 Å². The van der Waals surface area contributed by atoms with Crippen LogP contribution < -0.4 is 10.8 Å². The minimum atomic E-state index is -0.454. The van der Waals surface area contributed by atoms with Crippen LogP contribution in [0.15, 0.2) is 30.3 Å². The smallest absolute Gasteiger partial charge is 0.407 e. The fourth-order valence-corrected chi connectivity index (χ4v) is 2.12. The second-order valence-electron chi connectivity index (χ2n) is 6.40. The van der Waals surface area contributed by atoms with Crippen LogP contribution in [-0.4, -0.2) is 23.8 Å². The van der Waals surface area contributed by atoms with Crippen molar-refractivity contribution in [2.24, 2.45) is 0 Å². The first-order chi connectivity index (χ1) is 9.92. The number of benzene rings is 1. The molecule has 2 N–H and O–H groups in total. The zero-order valence-electron chi connectivity index (χ0n) is 12.9. The molecule has 1 fully saturated rings. The first kappa shape index (κ1) is 15.8. The van der Waals surface area contributed by atoms with Crippen LogP contribution in [0.1, 0.15) is 39.2 Å². The SMILES string of the molecule is CC(C)(C)OC(=O)NC1CC(NOCc2ccccc2)C1. The van der Waals surface area contributed by atoms with Gasteiger partial charge in [0.25, 0.3) is 0 Å². The van der Waals surface area contributed by atoms with Gasteiger partial charge in [0, 0.05) is 12.1 Å². The maximum absolute atomic E-state index is 11.6. The van der Waals surface area contributed by atoms with E-state index < -0.39 is 5.60 Å². The molecule has 0 spiro atoms. The summed E-state index contributed by atoms with van der Waals surface area (Å²) in [4.78, 5) is 17.0. The highest BCUT2D eigenvalue weighted by atomic mass is 16.6. The summed E-state index contributed by atoms with van der Waals surface area (Å²) in [5.74, 6) is 0. The minimum Gasteiger partial charge on any atom is -0.444 e. The van der Waals surface area contributed by atoms with Crippen molar-refractivity contribution in [3.8, 4) is 0 Å². The molecule has 1 aliphatic rings. The van der Waals surface area contributed by atoms with E-state index >= 15 is 0 Å². The molecule has 0 bridgehead atoms. The molecule has 2 rings (SSSR count). The molecule has 0 saturated heterocycles. The Kier molecular flexibility index (Phi) is 5.20. The van der Waals surface area contributed by atoms with Gasteiger partial charge in [-0.05, 0) is 39.2 Å². The lowest BCUT2D eigenvalue weighted by atomic mass is 9.87. The molecule has 1 saturated carbocycles. The van der Waals surface area contributed by atoms with E-state index in [4.69, 9.17) is 9.57 Å². The summed E-state index contributed by atoms with van der Waals surface area (Å²) in [5, 5.41) is 2.85. The third-order valence-electron chi connectivity index (χ3n) is 3.19. The van der Waals surface area contributed by atoms with Gasteiger partial charge in [-0.1, -0.05) is 30.3 Å². The summed E-state index contributed by atoms with van der Waals surface area (Å²) >= 11 is 0. The molecule has 21 heavy (non-hydrogen) atoms. The fourth-order valence-electron chi connectivity index (χ4n) is 2.12. The second-order valence-corrected chi connectivity index (χ2v) is 6.40. The third kappa shape index (κ3) is 5.73. The van der Waals surface area contributed by atoms with Crippen molar-refractivity contribution in [1.82, 2.24) is 10.8 Å². The van der Waals surface area contributed by atoms with Crippen molar-refractivity contribution in [2.75, 3.05) is 0 Å².